The second kappa shape index (κ2) is 9.25. The van der Waals surface area contributed by atoms with Crippen molar-refractivity contribution >= 4 is 29.1 Å². The van der Waals surface area contributed by atoms with Gasteiger partial charge in [0.05, 0.1) is 5.02 Å². The summed E-state index contributed by atoms with van der Waals surface area (Å²) in [7, 11) is 0. The molecule has 0 saturated heterocycles. The van der Waals surface area contributed by atoms with Gasteiger partial charge in [-0.05, 0) is 36.8 Å². The second-order valence-electron chi connectivity index (χ2n) is 6.25. The summed E-state index contributed by atoms with van der Waals surface area (Å²) in [6.45, 7) is 5.72. The van der Waals surface area contributed by atoms with Crippen molar-refractivity contribution in [3.05, 3.63) is 59.1 Å². The van der Waals surface area contributed by atoms with E-state index in [0.717, 1.165) is 11.3 Å². The third-order valence-electron chi connectivity index (χ3n) is 3.72. The van der Waals surface area contributed by atoms with Crippen LogP contribution >= 0.6 is 11.6 Å². The Hall–Kier alpha value is -2.53. The molecule has 6 heteroatoms. The largest absolute Gasteiger partial charge is 0.479 e. The fourth-order valence-electron chi connectivity index (χ4n) is 2.11. The smallest absolute Gasteiger partial charge is 0.261 e. The van der Waals surface area contributed by atoms with Gasteiger partial charge in [-0.25, -0.2) is 0 Å². The first-order valence-electron chi connectivity index (χ1n) is 8.45. The number of benzene rings is 2. The van der Waals surface area contributed by atoms with Crippen molar-refractivity contribution in [1.29, 1.82) is 0 Å². The van der Waals surface area contributed by atoms with E-state index in [-0.39, 0.29) is 17.7 Å². The molecule has 0 bridgehead atoms. The molecule has 0 saturated carbocycles. The van der Waals surface area contributed by atoms with E-state index >= 15 is 0 Å². The van der Waals surface area contributed by atoms with Crippen LogP contribution in [0.5, 0.6) is 5.75 Å². The maximum atomic E-state index is 12.2. The first kappa shape index (κ1) is 19.8. The standard InChI is InChI=1S/C20H23ClN2O3/c1-13(2)19(24)23-16-10-8-15(9-11-16)12-22-20(25)14(3)26-18-7-5-4-6-17(18)21/h4-11,13-14H,12H2,1-3H3,(H,22,25)(H,23,24). The van der Waals surface area contributed by atoms with Gasteiger partial charge in [-0.15, -0.1) is 0 Å². The zero-order valence-corrected chi connectivity index (χ0v) is 15.8. The molecule has 2 aromatic rings. The lowest BCUT2D eigenvalue weighted by Crippen LogP contribution is -2.35. The Morgan fingerprint density at radius 2 is 1.65 bits per heavy atom. The topological polar surface area (TPSA) is 67.4 Å². The number of carbonyl (C=O) groups is 2. The molecule has 1 unspecified atom stereocenters. The molecule has 0 heterocycles. The number of hydrogen-bond donors (Lipinski definition) is 2. The zero-order valence-electron chi connectivity index (χ0n) is 15.1. The molecule has 0 radical (unpaired) electrons. The van der Waals surface area contributed by atoms with Crippen LogP contribution in [0.25, 0.3) is 0 Å². The predicted molar refractivity (Wildman–Crippen MR) is 103 cm³/mol. The highest BCUT2D eigenvalue weighted by molar-refractivity contribution is 6.32. The van der Waals surface area contributed by atoms with Crippen LogP contribution in [0.1, 0.15) is 26.3 Å². The van der Waals surface area contributed by atoms with E-state index in [1.54, 1.807) is 31.2 Å². The van der Waals surface area contributed by atoms with Gasteiger partial charge >= 0.3 is 0 Å². The van der Waals surface area contributed by atoms with Crippen molar-refractivity contribution in [3.63, 3.8) is 0 Å². The van der Waals surface area contributed by atoms with Gasteiger partial charge in [-0.3, -0.25) is 9.59 Å². The number of carbonyl (C=O) groups excluding carboxylic acids is 2. The second-order valence-corrected chi connectivity index (χ2v) is 6.66. The summed E-state index contributed by atoms with van der Waals surface area (Å²) in [5.41, 5.74) is 1.65. The van der Waals surface area contributed by atoms with Gasteiger partial charge in [0.25, 0.3) is 5.91 Å². The molecule has 138 valence electrons. The van der Waals surface area contributed by atoms with Crippen molar-refractivity contribution in [2.45, 2.75) is 33.4 Å². The molecule has 0 aromatic heterocycles. The summed E-state index contributed by atoms with van der Waals surface area (Å²) in [6, 6.07) is 14.4. The van der Waals surface area contributed by atoms with Gasteiger partial charge < -0.3 is 15.4 Å². The summed E-state index contributed by atoms with van der Waals surface area (Å²) in [5.74, 6) is 0.134. The Morgan fingerprint density at radius 1 is 1.00 bits per heavy atom. The van der Waals surface area contributed by atoms with Crippen LogP contribution in [0.4, 0.5) is 5.69 Å². The molecule has 26 heavy (non-hydrogen) atoms. The molecule has 0 aliphatic heterocycles. The predicted octanol–water partition coefficient (Wildman–Crippen LogP) is 4.02. The van der Waals surface area contributed by atoms with E-state index in [1.165, 1.54) is 0 Å². The van der Waals surface area contributed by atoms with E-state index in [2.05, 4.69) is 10.6 Å². The van der Waals surface area contributed by atoms with Crippen LogP contribution in [0.3, 0.4) is 0 Å². The van der Waals surface area contributed by atoms with Gasteiger partial charge in [0.1, 0.15) is 5.75 Å². The molecule has 1 atom stereocenters. The average molecular weight is 375 g/mol. The van der Waals surface area contributed by atoms with Crippen molar-refractivity contribution in [2.75, 3.05) is 5.32 Å². The van der Waals surface area contributed by atoms with Crippen LogP contribution in [0, 0.1) is 5.92 Å². The molecular weight excluding hydrogens is 352 g/mol. The molecule has 2 aromatic carbocycles. The summed E-state index contributed by atoms with van der Waals surface area (Å²) in [5, 5.41) is 6.11. The minimum Gasteiger partial charge on any atom is -0.479 e. The Balaban J connectivity index is 1.85. The first-order valence-corrected chi connectivity index (χ1v) is 8.83. The number of nitrogens with one attached hydrogen (secondary N) is 2. The summed E-state index contributed by atoms with van der Waals surface area (Å²) in [6.07, 6.45) is -0.667. The molecule has 0 aliphatic carbocycles. The summed E-state index contributed by atoms with van der Waals surface area (Å²) < 4.78 is 5.59. The molecule has 5 nitrogen and oxygen atoms in total. The molecule has 2 N–H and O–H groups in total. The Labute approximate surface area is 158 Å². The number of ether oxygens (including phenoxy) is 1. The van der Waals surface area contributed by atoms with E-state index in [0.29, 0.717) is 17.3 Å². The van der Waals surface area contributed by atoms with Gasteiger partial charge in [0.2, 0.25) is 5.91 Å². The lowest BCUT2D eigenvalue weighted by atomic mass is 10.1. The van der Waals surface area contributed by atoms with Gasteiger partial charge in [-0.1, -0.05) is 49.7 Å². The van der Waals surface area contributed by atoms with E-state index in [9.17, 15) is 9.59 Å². The molecular formula is C20H23ClN2O3. The van der Waals surface area contributed by atoms with Gasteiger partial charge in [-0.2, -0.15) is 0 Å². The number of halogens is 1. The highest BCUT2D eigenvalue weighted by Gasteiger charge is 2.15. The number of para-hydroxylation sites is 1. The van der Waals surface area contributed by atoms with Crippen molar-refractivity contribution in [3.8, 4) is 5.75 Å². The normalized spacial score (nSPS) is 11.7. The molecule has 0 fully saturated rings. The first-order chi connectivity index (χ1) is 12.4. The van der Waals surface area contributed by atoms with E-state index in [1.807, 2.05) is 38.1 Å². The van der Waals surface area contributed by atoms with Crippen molar-refractivity contribution in [2.24, 2.45) is 5.92 Å². The van der Waals surface area contributed by atoms with Crippen molar-refractivity contribution < 1.29 is 14.3 Å². The lowest BCUT2D eigenvalue weighted by Gasteiger charge is -2.15. The minimum atomic E-state index is -0.667. The molecule has 2 rings (SSSR count). The molecule has 0 spiro atoms. The fourth-order valence-corrected chi connectivity index (χ4v) is 2.29. The monoisotopic (exact) mass is 374 g/mol. The number of anilines is 1. The van der Waals surface area contributed by atoms with Crippen LogP contribution in [0.15, 0.2) is 48.5 Å². The molecule has 2 amide bonds. The van der Waals surface area contributed by atoms with E-state index < -0.39 is 6.10 Å². The Morgan fingerprint density at radius 3 is 2.27 bits per heavy atom. The third kappa shape index (κ3) is 5.77. The fraction of sp³-hybridized carbons (Fsp3) is 0.300. The molecule has 0 aliphatic rings. The van der Waals surface area contributed by atoms with Gasteiger partial charge in [0.15, 0.2) is 6.10 Å². The third-order valence-corrected chi connectivity index (χ3v) is 4.03. The quantitative estimate of drug-likeness (QED) is 0.769. The SMILES string of the molecule is CC(C)C(=O)Nc1ccc(CNC(=O)C(C)Oc2ccccc2Cl)cc1. The number of rotatable bonds is 7. The Bertz CT molecular complexity index is 760. The highest BCUT2D eigenvalue weighted by atomic mass is 35.5. The van der Waals surface area contributed by atoms with Crippen LogP contribution in [-0.2, 0) is 16.1 Å². The Kier molecular flexibility index (Phi) is 7.04. The zero-order chi connectivity index (χ0) is 19.1. The summed E-state index contributed by atoms with van der Waals surface area (Å²) in [4.78, 5) is 23.9. The highest BCUT2D eigenvalue weighted by Crippen LogP contribution is 2.24. The van der Waals surface area contributed by atoms with Crippen LogP contribution < -0.4 is 15.4 Å². The van der Waals surface area contributed by atoms with Gasteiger partial charge in [0, 0.05) is 18.2 Å². The van der Waals surface area contributed by atoms with E-state index in [4.69, 9.17) is 16.3 Å². The lowest BCUT2D eigenvalue weighted by molar-refractivity contribution is -0.127. The maximum Gasteiger partial charge on any atom is 0.261 e. The van der Waals surface area contributed by atoms with Crippen LogP contribution in [0.2, 0.25) is 5.02 Å². The minimum absolute atomic E-state index is 0.0309. The number of hydrogen-bond acceptors (Lipinski definition) is 3. The number of amides is 2. The summed E-state index contributed by atoms with van der Waals surface area (Å²) >= 11 is 6.03. The average Bonchev–Trinajstić information content (AvgIpc) is 2.62. The van der Waals surface area contributed by atoms with Crippen LogP contribution in [-0.4, -0.2) is 17.9 Å². The maximum absolute atomic E-state index is 12.2. The van der Waals surface area contributed by atoms with Crippen molar-refractivity contribution in [1.82, 2.24) is 5.32 Å².